The van der Waals surface area contributed by atoms with Crippen molar-refractivity contribution in [1.29, 1.82) is 0 Å². The molecule has 1 fully saturated rings. The van der Waals surface area contributed by atoms with Crippen LogP contribution in [0.15, 0.2) is 30.6 Å². The molecule has 1 aliphatic rings. The van der Waals surface area contributed by atoms with Gasteiger partial charge in [-0.3, -0.25) is 0 Å². The predicted octanol–water partition coefficient (Wildman–Crippen LogP) is 1.58. The molecule has 0 N–H and O–H groups in total. The van der Waals surface area contributed by atoms with Crippen molar-refractivity contribution < 1.29 is 8.42 Å². The molecule has 1 unspecified atom stereocenters. The summed E-state index contributed by atoms with van der Waals surface area (Å²) >= 11 is 0. The summed E-state index contributed by atoms with van der Waals surface area (Å²) in [4.78, 5) is 4.37. The molecule has 1 saturated heterocycles. The van der Waals surface area contributed by atoms with Crippen molar-refractivity contribution in [2.24, 2.45) is 0 Å². The number of imidazole rings is 1. The minimum absolute atomic E-state index is 0.297. The third kappa shape index (κ3) is 1.43. The zero-order valence-electron chi connectivity index (χ0n) is 8.70. The summed E-state index contributed by atoms with van der Waals surface area (Å²) in [6.45, 7) is 0. The van der Waals surface area contributed by atoms with E-state index in [0.29, 0.717) is 17.9 Å². The van der Waals surface area contributed by atoms with Crippen LogP contribution < -0.4 is 0 Å². The van der Waals surface area contributed by atoms with E-state index in [0.717, 1.165) is 12.1 Å². The molecule has 0 aromatic carbocycles. The Bertz CT molecular complexity index is 597. The SMILES string of the molecule is O=S1(=O)CCCC1c1cn2ccccc2n1. The lowest BCUT2D eigenvalue weighted by Gasteiger charge is -2.03. The van der Waals surface area contributed by atoms with Gasteiger partial charge in [-0.2, -0.15) is 0 Å². The highest BCUT2D eigenvalue weighted by atomic mass is 32.2. The lowest BCUT2D eigenvalue weighted by Crippen LogP contribution is -2.08. The van der Waals surface area contributed by atoms with E-state index in [9.17, 15) is 8.42 Å². The van der Waals surface area contributed by atoms with Crippen LogP contribution in [-0.4, -0.2) is 23.6 Å². The lowest BCUT2D eigenvalue weighted by molar-refractivity contribution is 0.591. The predicted molar refractivity (Wildman–Crippen MR) is 61.0 cm³/mol. The number of sulfone groups is 1. The summed E-state index contributed by atoms with van der Waals surface area (Å²) in [5.41, 5.74) is 1.49. The average Bonchev–Trinajstić information content (AvgIpc) is 2.79. The summed E-state index contributed by atoms with van der Waals surface area (Å²) in [5, 5.41) is -0.396. The van der Waals surface area contributed by atoms with Gasteiger partial charge in [0.15, 0.2) is 9.84 Å². The summed E-state index contributed by atoms with van der Waals surface area (Å²) in [7, 11) is -2.96. The standard InChI is InChI=1S/C11H12N2O2S/c14-16(15)7-3-4-10(16)9-8-13-6-2-1-5-11(13)12-9/h1-2,5-6,8,10H,3-4,7H2. The number of pyridine rings is 1. The maximum Gasteiger partial charge on any atom is 0.158 e. The third-order valence-corrected chi connectivity index (χ3v) is 5.24. The van der Waals surface area contributed by atoms with Gasteiger partial charge in [0, 0.05) is 12.4 Å². The van der Waals surface area contributed by atoms with Crippen LogP contribution in [0.1, 0.15) is 23.8 Å². The van der Waals surface area contributed by atoms with E-state index in [-0.39, 0.29) is 0 Å². The van der Waals surface area contributed by atoms with Crippen molar-refractivity contribution in [1.82, 2.24) is 9.38 Å². The van der Waals surface area contributed by atoms with Gasteiger partial charge >= 0.3 is 0 Å². The van der Waals surface area contributed by atoms with E-state index < -0.39 is 15.1 Å². The van der Waals surface area contributed by atoms with Crippen LogP contribution >= 0.6 is 0 Å². The lowest BCUT2D eigenvalue weighted by atomic mass is 10.2. The molecular weight excluding hydrogens is 224 g/mol. The molecule has 4 nitrogen and oxygen atoms in total. The summed E-state index contributed by atoms with van der Waals surface area (Å²) in [6, 6.07) is 5.68. The second-order valence-corrected chi connectivity index (χ2v) is 6.43. The van der Waals surface area contributed by atoms with Crippen LogP contribution in [0.2, 0.25) is 0 Å². The van der Waals surface area contributed by atoms with Gasteiger partial charge in [-0.05, 0) is 25.0 Å². The van der Waals surface area contributed by atoms with Crippen molar-refractivity contribution in [3.63, 3.8) is 0 Å². The molecule has 0 bridgehead atoms. The van der Waals surface area contributed by atoms with Crippen LogP contribution in [-0.2, 0) is 9.84 Å². The maximum atomic E-state index is 11.8. The third-order valence-electron chi connectivity index (χ3n) is 3.04. The highest BCUT2D eigenvalue weighted by Crippen LogP contribution is 2.33. The van der Waals surface area contributed by atoms with Crippen molar-refractivity contribution in [3.05, 3.63) is 36.3 Å². The quantitative estimate of drug-likeness (QED) is 0.755. The molecule has 84 valence electrons. The summed E-state index contributed by atoms with van der Waals surface area (Å²) in [6.07, 6.45) is 5.16. The smallest absolute Gasteiger partial charge is 0.158 e. The van der Waals surface area contributed by atoms with Crippen LogP contribution in [0.4, 0.5) is 0 Å². The summed E-state index contributed by atoms with van der Waals surface area (Å²) < 4.78 is 25.4. The fraction of sp³-hybridized carbons (Fsp3) is 0.364. The van der Waals surface area contributed by atoms with Gasteiger partial charge in [0.1, 0.15) is 10.9 Å². The summed E-state index contributed by atoms with van der Waals surface area (Å²) in [5.74, 6) is 0.297. The zero-order valence-corrected chi connectivity index (χ0v) is 9.52. The molecule has 3 rings (SSSR count). The van der Waals surface area contributed by atoms with E-state index in [1.165, 1.54) is 0 Å². The Kier molecular flexibility index (Phi) is 2.04. The first-order valence-corrected chi connectivity index (χ1v) is 7.03. The van der Waals surface area contributed by atoms with E-state index in [2.05, 4.69) is 4.98 Å². The normalized spacial score (nSPS) is 23.9. The zero-order chi connectivity index (χ0) is 11.2. The van der Waals surface area contributed by atoms with Crippen LogP contribution in [0.3, 0.4) is 0 Å². The molecule has 0 saturated carbocycles. The van der Waals surface area contributed by atoms with E-state index in [4.69, 9.17) is 0 Å². The van der Waals surface area contributed by atoms with Gasteiger partial charge in [0.25, 0.3) is 0 Å². The first kappa shape index (κ1) is 9.84. The number of fused-ring (bicyclic) bond motifs is 1. The fourth-order valence-corrected chi connectivity index (χ4v) is 4.09. The Balaban J connectivity index is 2.13. The highest BCUT2D eigenvalue weighted by molar-refractivity contribution is 7.91. The van der Waals surface area contributed by atoms with Crippen LogP contribution in [0, 0.1) is 0 Å². The van der Waals surface area contributed by atoms with Gasteiger partial charge in [-0.15, -0.1) is 0 Å². The molecule has 0 amide bonds. The van der Waals surface area contributed by atoms with Crippen molar-refractivity contribution in [2.75, 3.05) is 5.75 Å². The van der Waals surface area contributed by atoms with E-state index >= 15 is 0 Å². The molecule has 16 heavy (non-hydrogen) atoms. The Labute approximate surface area is 93.8 Å². The number of hydrogen-bond donors (Lipinski definition) is 0. The molecule has 0 radical (unpaired) electrons. The maximum absolute atomic E-state index is 11.8. The Morgan fingerprint density at radius 2 is 2.25 bits per heavy atom. The number of hydrogen-bond acceptors (Lipinski definition) is 3. The molecular formula is C11H12N2O2S. The van der Waals surface area contributed by atoms with Crippen molar-refractivity contribution >= 4 is 15.5 Å². The topological polar surface area (TPSA) is 51.4 Å². The molecule has 1 aliphatic heterocycles. The van der Waals surface area contributed by atoms with Gasteiger partial charge in [0.2, 0.25) is 0 Å². The monoisotopic (exact) mass is 236 g/mol. The minimum atomic E-state index is -2.96. The Morgan fingerprint density at radius 3 is 2.94 bits per heavy atom. The first-order valence-electron chi connectivity index (χ1n) is 5.32. The van der Waals surface area contributed by atoms with Crippen molar-refractivity contribution in [2.45, 2.75) is 18.1 Å². The second-order valence-electron chi connectivity index (χ2n) is 4.13. The van der Waals surface area contributed by atoms with Crippen LogP contribution in [0.25, 0.3) is 5.65 Å². The van der Waals surface area contributed by atoms with Gasteiger partial charge in [-0.25, -0.2) is 13.4 Å². The molecule has 2 aromatic heterocycles. The molecule has 0 spiro atoms. The van der Waals surface area contributed by atoms with E-state index in [1.54, 1.807) is 0 Å². The van der Waals surface area contributed by atoms with Crippen LogP contribution in [0.5, 0.6) is 0 Å². The molecule has 5 heteroatoms. The van der Waals surface area contributed by atoms with Gasteiger partial charge in [0.05, 0.1) is 11.4 Å². The largest absolute Gasteiger partial charge is 0.307 e. The van der Waals surface area contributed by atoms with E-state index in [1.807, 2.05) is 35.0 Å². The fourth-order valence-electron chi connectivity index (χ4n) is 2.23. The number of nitrogens with zero attached hydrogens (tertiary/aromatic N) is 2. The molecule has 0 aliphatic carbocycles. The average molecular weight is 236 g/mol. The number of rotatable bonds is 1. The molecule has 1 atom stereocenters. The first-order chi connectivity index (χ1) is 7.67. The second kappa shape index (κ2) is 3.31. The minimum Gasteiger partial charge on any atom is -0.307 e. The highest BCUT2D eigenvalue weighted by Gasteiger charge is 2.34. The van der Waals surface area contributed by atoms with Gasteiger partial charge in [-0.1, -0.05) is 6.07 Å². The van der Waals surface area contributed by atoms with Crippen molar-refractivity contribution in [3.8, 4) is 0 Å². The molecule has 2 aromatic rings. The van der Waals surface area contributed by atoms with Gasteiger partial charge < -0.3 is 4.40 Å². The molecule has 3 heterocycles. The Morgan fingerprint density at radius 1 is 1.38 bits per heavy atom. The number of aromatic nitrogens is 2. The Hall–Kier alpha value is -1.36.